The van der Waals surface area contributed by atoms with Crippen molar-refractivity contribution >= 4 is 0 Å². The number of rotatable bonds is 4. The highest BCUT2D eigenvalue weighted by atomic mass is 14.7. The maximum absolute atomic E-state index is 5.98. The number of hydrogen-bond donors (Lipinski definition) is 1. The van der Waals surface area contributed by atoms with Crippen LogP contribution in [0.1, 0.15) is 36.6 Å². The molecule has 2 heteroatoms. The summed E-state index contributed by atoms with van der Waals surface area (Å²) in [6.45, 7) is 1.97. The highest BCUT2D eigenvalue weighted by molar-refractivity contribution is 5.16. The average molecular weight is 188 g/mol. The molecule has 0 aliphatic rings. The Balaban J connectivity index is 2.48. The quantitative estimate of drug-likeness (QED) is 0.581. The van der Waals surface area contributed by atoms with Crippen LogP contribution in [0, 0.1) is 19.3 Å². The molecular weight excluding hydrogens is 172 g/mol. The van der Waals surface area contributed by atoms with Crippen molar-refractivity contribution in [1.29, 1.82) is 0 Å². The van der Waals surface area contributed by atoms with Gasteiger partial charge in [-0.1, -0.05) is 6.07 Å². The van der Waals surface area contributed by atoms with Crippen LogP contribution in [0.5, 0.6) is 0 Å². The lowest BCUT2D eigenvalue weighted by molar-refractivity contribution is 0.619. The molecule has 0 bridgehead atoms. The minimum absolute atomic E-state index is 0.0662. The SMILES string of the molecule is C#CCCCC(N)c1ccc(C)nc1. The number of aryl methyl sites for hydroxylation is 1. The first-order chi connectivity index (χ1) is 6.74. The van der Waals surface area contributed by atoms with E-state index in [9.17, 15) is 0 Å². The third-order valence-corrected chi connectivity index (χ3v) is 2.20. The van der Waals surface area contributed by atoms with Gasteiger partial charge in [-0.3, -0.25) is 4.98 Å². The first-order valence-corrected chi connectivity index (χ1v) is 4.85. The molecule has 0 spiro atoms. The Labute approximate surface area is 85.5 Å². The Morgan fingerprint density at radius 2 is 2.36 bits per heavy atom. The van der Waals surface area contributed by atoms with Crippen LogP contribution in [0.4, 0.5) is 0 Å². The van der Waals surface area contributed by atoms with Crippen LogP contribution in [-0.2, 0) is 0 Å². The molecule has 0 fully saturated rings. The summed E-state index contributed by atoms with van der Waals surface area (Å²) in [6, 6.07) is 4.08. The van der Waals surface area contributed by atoms with E-state index in [0.717, 1.165) is 30.5 Å². The van der Waals surface area contributed by atoms with E-state index in [-0.39, 0.29) is 6.04 Å². The average Bonchev–Trinajstić information content (AvgIpc) is 2.19. The highest BCUT2D eigenvalue weighted by Crippen LogP contribution is 2.15. The van der Waals surface area contributed by atoms with Crippen molar-refractivity contribution < 1.29 is 0 Å². The van der Waals surface area contributed by atoms with E-state index in [1.54, 1.807) is 0 Å². The zero-order valence-electron chi connectivity index (χ0n) is 8.53. The maximum Gasteiger partial charge on any atom is 0.0372 e. The molecule has 1 aromatic heterocycles. The summed E-state index contributed by atoms with van der Waals surface area (Å²) < 4.78 is 0. The zero-order chi connectivity index (χ0) is 10.4. The van der Waals surface area contributed by atoms with Crippen molar-refractivity contribution in [1.82, 2.24) is 4.98 Å². The third-order valence-electron chi connectivity index (χ3n) is 2.20. The molecule has 2 N–H and O–H groups in total. The molecule has 1 heterocycles. The number of unbranched alkanes of at least 4 members (excludes halogenated alkanes) is 1. The first kappa shape index (κ1) is 10.7. The van der Waals surface area contributed by atoms with Gasteiger partial charge in [-0.25, -0.2) is 0 Å². The summed E-state index contributed by atoms with van der Waals surface area (Å²) in [7, 11) is 0. The topological polar surface area (TPSA) is 38.9 Å². The molecule has 0 radical (unpaired) electrons. The Morgan fingerprint density at radius 1 is 1.57 bits per heavy atom. The lowest BCUT2D eigenvalue weighted by Crippen LogP contribution is -2.10. The molecule has 0 aromatic carbocycles. The molecule has 1 aromatic rings. The predicted octanol–water partition coefficient (Wildman–Crippen LogP) is 2.19. The second kappa shape index (κ2) is 5.41. The van der Waals surface area contributed by atoms with Crippen LogP contribution in [0.3, 0.4) is 0 Å². The summed E-state index contributed by atoms with van der Waals surface area (Å²) in [5.41, 5.74) is 8.09. The van der Waals surface area contributed by atoms with E-state index in [4.69, 9.17) is 12.2 Å². The number of nitrogens with two attached hydrogens (primary N) is 1. The molecule has 0 aliphatic heterocycles. The van der Waals surface area contributed by atoms with Crippen molar-refractivity contribution in [3.05, 3.63) is 29.6 Å². The molecule has 1 atom stereocenters. The van der Waals surface area contributed by atoms with E-state index < -0.39 is 0 Å². The fourth-order valence-corrected chi connectivity index (χ4v) is 1.29. The molecule has 14 heavy (non-hydrogen) atoms. The zero-order valence-corrected chi connectivity index (χ0v) is 8.53. The number of nitrogens with zero attached hydrogens (tertiary/aromatic N) is 1. The van der Waals surface area contributed by atoms with Gasteiger partial charge in [0.15, 0.2) is 0 Å². The summed E-state index contributed by atoms with van der Waals surface area (Å²) in [6.07, 6.45) is 9.72. The number of aromatic nitrogens is 1. The van der Waals surface area contributed by atoms with Gasteiger partial charge in [0.05, 0.1) is 0 Å². The van der Waals surface area contributed by atoms with Gasteiger partial charge in [0.2, 0.25) is 0 Å². The predicted molar refractivity (Wildman–Crippen MR) is 58.6 cm³/mol. The summed E-state index contributed by atoms with van der Waals surface area (Å²) in [5.74, 6) is 2.61. The lowest BCUT2D eigenvalue weighted by Gasteiger charge is -2.10. The van der Waals surface area contributed by atoms with Crippen LogP contribution < -0.4 is 5.73 Å². The monoisotopic (exact) mass is 188 g/mol. The van der Waals surface area contributed by atoms with E-state index in [1.165, 1.54) is 0 Å². The van der Waals surface area contributed by atoms with Gasteiger partial charge in [-0.2, -0.15) is 0 Å². The molecule has 0 saturated carbocycles. The van der Waals surface area contributed by atoms with Crippen LogP contribution >= 0.6 is 0 Å². The van der Waals surface area contributed by atoms with Crippen molar-refractivity contribution in [2.75, 3.05) is 0 Å². The fraction of sp³-hybridized carbons (Fsp3) is 0.417. The summed E-state index contributed by atoms with van der Waals surface area (Å²) >= 11 is 0. The standard InChI is InChI=1S/C12H16N2/c1-3-4-5-6-12(13)11-8-7-10(2)14-9-11/h1,7-9,12H,4-6,13H2,2H3. The van der Waals surface area contributed by atoms with Gasteiger partial charge >= 0.3 is 0 Å². The summed E-state index contributed by atoms with van der Waals surface area (Å²) in [5, 5.41) is 0. The van der Waals surface area contributed by atoms with Gasteiger partial charge in [0.25, 0.3) is 0 Å². The third kappa shape index (κ3) is 3.20. The number of pyridine rings is 1. The van der Waals surface area contributed by atoms with Gasteiger partial charge in [-0.05, 0) is 31.4 Å². The van der Waals surface area contributed by atoms with E-state index in [1.807, 2.05) is 25.3 Å². The Morgan fingerprint density at radius 3 is 2.93 bits per heavy atom. The van der Waals surface area contributed by atoms with Crippen LogP contribution in [0.2, 0.25) is 0 Å². The molecule has 1 unspecified atom stereocenters. The number of terminal acetylenes is 1. The maximum atomic E-state index is 5.98. The molecule has 1 rings (SSSR count). The van der Waals surface area contributed by atoms with Gasteiger partial charge < -0.3 is 5.73 Å². The van der Waals surface area contributed by atoms with Crippen LogP contribution in [0.15, 0.2) is 18.3 Å². The molecule has 74 valence electrons. The van der Waals surface area contributed by atoms with Gasteiger partial charge in [-0.15, -0.1) is 12.3 Å². The molecule has 2 nitrogen and oxygen atoms in total. The lowest BCUT2D eigenvalue weighted by atomic mass is 10.0. The second-order valence-electron chi connectivity index (χ2n) is 3.44. The van der Waals surface area contributed by atoms with Crippen molar-refractivity contribution in [2.45, 2.75) is 32.2 Å². The van der Waals surface area contributed by atoms with Crippen LogP contribution in [0.25, 0.3) is 0 Å². The van der Waals surface area contributed by atoms with E-state index >= 15 is 0 Å². The highest BCUT2D eigenvalue weighted by Gasteiger charge is 2.04. The Kier molecular flexibility index (Phi) is 4.15. The number of hydrogen-bond acceptors (Lipinski definition) is 2. The van der Waals surface area contributed by atoms with Crippen molar-refractivity contribution in [3.8, 4) is 12.3 Å². The Hall–Kier alpha value is -1.33. The van der Waals surface area contributed by atoms with Gasteiger partial charge in [0.1, 0.15) is 0 Å². The van der Waals surface area contributed by atoms with Crippen molar-refractivity contribution in [3.63, 3.8) is 0 Å². The summed E-state index contributed by atoms with van der Waals surface area (Å²) in [4.78, 5) is 4.21. The smallest absolute Gasteiger partial charge is 0.0372 e. The molecule has 0 aliphatic carbocycles. The largest absolute Gasteiger partial charge is 0.324 e. The van der Waals surface area contributed by atoms with E-state index in [2.05, 4.69) is 10.9 Å². The molecule has 0 saturated heterocycles. The Bertz CT molecular complexity index is 308. The normalized spacial score (nSPS) is 12.1. The van der Waals surface area contributed by atoms with Crippen LogP contribution in [-0.4, -0.2) is 4.98 Å². The molecular formula is C12H16N2. The van der Waals surface area contributed by atoms with Gasteiger partial charge in [0, 0.05) is 24.4 Å². The fourth-order valence-electron chi connectivity index (χ4n) is 1.29. The minimum atomic E-state index is 0.0662. The second-order valence-corrected chi connectivity index (χ2v) is 3.44. The first-order valence-electron chi connectivity index (χ1n) is 4.85. The van der Waals surface area contributed by atoms with E-state index in [0.29, 0.717) is 0 Å². The molecule has 0 amide bonds. The minimum Gasteiger partial charge on any atom is -0.324 e. The van der Waals surface area contributed by atoms with Crippen molar-refractivity contribution in [2.24, 2.45) is 5.73 Å².